The Balaban J connectivity index is 2.01. The van der Waals surface area contributed by atoms with Gasteiger partial charge in [0.1, 0.15) is 5.75 Å². The lowest BCUT2D eigenvalue weighted by Crippen LogP contribution is -2.39. The number of carbonyl (C=O) groups is 1. The lowest BCUT2D eigenvalue weighted by molar-refractivity contribution is -0.132. The zero-order valence-electron chi connectivity index (χ0n) is 15.6. The molecule has 1 unspecified atom stereocenters. The molecule has 0 aromatic heterocycles. The van der Waals surface area contributed by atoms with E-state index in [0.717, 1.165) is 32.2 Å². The van der Waals surface area contributed by atoms with Crippen LogP contribution in [0.2, 0.25) is 5.02 Å². The Morgan fingerprint density at radius 2 is 2.15 bits per heavy atom. The van der Waals surface area contributed by atoms with Crippen LogP contribution in [-0.2, 0) is 14.8 Å². The van der Waals surface area contributed by atoms with E-state index < -0.39 is 10.0 Å². The van der Waals surface area contributed by atoms with Gasteiger partial charge in [0.2, 0.25) is 15.9 Å². The van der Waals surface area contributed by atoms with Crippen molar-refractivity contribution in [2.45, 2.75) is 32.6 Å². The molecule has 0 spiro atoms. The Kier molecular flexibility index (Phi) is 7.17. The molecule has 26 heavy (non-hydrogen) atoms. The lowest BCUT2D eigenvalue weighted by Gasteiger charge is -2.31. The van der Waals surface area contributed by atoms with Gasteiger partial charge in [-0.2, -0.15) is 0 Å². The number of benzene rings is 1. The van der Waals surface area contributed by atoms with Crippen LogP contribution in [0.3, 0.4) is 0 Å². The standard InChI is InChI=1S/C18H27ClN2O4S/c1-14-6-4-10-20(13-14)18(22)7-5-11-21(26(3,23)24)15-8-9-17(25-2)16(19)12-15/h8-9,12,14H,4-7,10-11,13H2,1-3H3. The maximum atomic E-state index is 12.4. The van der Waals surface area contributed by atoms with Crippen molar-refractivity contribution in [1.82, 2.24) is 4.90 Å². The number of rotatable bonds is 7. The fraction of sp³-hybridized carbons (Fsp3) is 0.611. The molecular weight excluding hydrogens is 376 g/mol. The first-order valence-corrected chi connectivity index (χ1v) is 11.0. The summed E-state index contributed by atoms with van der Waals surface area (Å²) in [5.41, 5.74) is 0.470. The predicted octanol–water partition coefficient (Wildman–Crippen LogP) is 3.15. The monoisotopic (exact) mass is 402 g/mol. The highest BCUT2D eigenvalue weighted by molar-refractivity contribution is 7.92. The van der Waals surface area contributed by atoms with Crippen LogP contribution < -0.4 is 9.04 Å². The first-order chi connectivity index (χ1) is 12.2. The smallest absolute Gasteiger partial charge is 0.232 e. The zero-order valence-corrected chi connectivity index (χ0v) is 17.1. The Morgan fingerprint density at radius 3 is 2.73 bits per heavy atom. The first-order valence-electron chi connectivity index (χ1n) is 8.81. The zero-order chi connectivity index (χ0) is 19.3. The third-order valence-electron chi connectivity index (χ3n) is 4.59. The van der Waals surface area contributed by atoms with E-state index in [9.17, 15) is 13.2 Å². The number of amides is 1. The molecule has 0 bridgehead atoms. The van der Waals surface area contributed by atoms with Crippen molar-refractivity contribution < 1.29 is 17.9 Å². The van der Waals surface area contributed by atoms with Gasteiger partial charge in [0, 0.05) is 26.1 Å². The van der Waals surface area contributed by atoms with Gasteiger partial charge >= 0.3 is 0 Å². The highest BCUT2D eigenvalue weighted by atomic mass is 35.5. The van der Waals surface area contributed by atoms with E-state index in [1.165, 1.54) is 11.4 Å². The van der Waals surface area contributed by atoms with Crippen LogP contribution >= 0.6 is 11.6 Å². The third-order valence-corrected chi connectivity index (χ3v) is 6.07. The molecule has 0 radical (unpaired) electrons. The summed E-state index contributed by atoms with van der Waals surface area (Å²) in [5.74, 6) is 1.11. The number of anilines is 1. The number of methoxy groups -OCH3 is 1. The summed E-state index contributed by atoms with van der Waals surface area (Å²) in [6.45, 7) is 3.98. The Hall–Kier alpha value is -1.47. The summed E-state index contributed by atoms with van der Waals surface area (Å²) in [6, 6.07) is 4.85. The quantitative estimate of drug-likeness (QED) is 0.702. The molecule has 1 aliphatic heterocycles. The highest BCUT2D eigenvalue weighted by Crippen LogP contribution is 2.30. The summed E-state index contributed by atoms with van der Waals surface area (Å²) >= 11 is 6.12. The highest BCUT2D eigenvalue weighted by Gasteiger charge is 2.22. The first kappa shape index (κ1) is 20.8. The fourth-order valence-corrected chi connectivity index (χ4v) is 4.45. The second-order valence-electron chi connectivity index (χ2n) is 6.84. The van der Waals surface area contributed by atoms with Crippen LogP contribution in [0.4, 0.5) is 5.69 Å². The van der Waals surface area contributed by atoms with Crippen LogP contribution in [0.15, 0.2) is 18.2 Å². The molecule has 1 amide bonds. The second kappa shape index (κ2) is 8.95. The number of carbonyl (C=O) groups excluding carboxylic acids is 1. The molecule has 0 N–H and O–H groups in total. The van der Waals surface area contributed by atoms with Gasteiger partial charge in [-0.1, -0.05) is 18.5 Å². The van der Waals surface area contributed by atoms with Gasteiger partial charge in [-0.05, 0) is 43.4 Å². The summed E-state index contributed by atoms with van der Waals surface area (Å²) in [4.78, 5) is 14.3. The molecule has 0 saturated carbocycles. The maximum absolute atomic E-state index is 12.4. The average Bonchev–Trinajstić information content (AvgIpc) is 2.57. The second-order valence-corrected chi connectivity index (χ2v) is 9.16. The van der Waals surface area contributed by atoms with Gasteiger partial charge in [0.25, 0.3) is 0 Å². The number of likely N-dealkylation sites (tertiary alicyclic amines) is 1. The van der Waals surface area contributed by atoms with Crippen molar-refractivity contribution in [3.05, 3.63) is 23.2 Å². The van der Waals surface area contributed by atoms with E-state index in [-0.39, 0.29) is 12.5 Å². The number of hydrogen-bond donors (Lipinski definition) is 0. The van der Waals surface area contributed by atoms with E-state index >= 15 is 0 Å². The SMILES string of the molecule is COc1ccc(N(CCCC(=O)N2CCCC(C)C2)S(C)(=O)=O)cc1Cl. The normalized spacial score (nSPS) is 17.8. The van der Waals surface area contributed by atoms with Gasteiger partial charge in [0.15, 0.2) is 0 Å². The van der Waals surface area contributed by atoms with Crippen molar-refractivity contribution >= 4 is 33.2 Å². The van der Waals surface area contributed by atoms with Gasteiger partial charge in [0.05, 0.1) is 24.1 Å². The largest absolute Gasteiger partial charge is 0.495 e. The maximum Gasteiger partial charge on any atom is 0.232 e. The molecule has 1 aliphatic rings. The fourth-order valence-electron chi connectivity index (χ4n) is 3.24. The van der Waals surface area contributed by atoms with Gasteiger partial charge in [-0.15, -0.1) is 0 Å². The molecule has 6 nitrogen and oxygen atoms in total. The molecule has 1 heterocycles. The molecule has 1 atom stereocenters. The number of piperidine rings is 1. The molecule has 1 aromatic rings. The van der Waals surface area contributed by atoms with Crippen LogP contribution in [0.5, 0.6) is 5.75 Å². The van der Waals surface area contributed by atoms with E-state index in [0.29, 0.717) is 35.2 Å². The summed E-state index contributed by atoms with van der Waals surface area (Å²) in [6.07, 6.45) is 4.14. The summed E-state index contributed by atoms with van der Waals surface area (Å²) in [5, 5.41) is 0.344. The van der Waals surface area contributed by atoms with E-state index in [4.69, 9.17) is 16.3 Å². The van der Waals surface area contributed by atoms with Crippen LogP contribution in [0.1, 0.15) is 32.6 Å². The molecule has 146 valence electrons. The van der Waals surface area contributed by atoms with Gasteiger partial charge < -0.3 is 9.64 Å². The van der Waals surface area contributed by atoms with E-state index in [1.54, 1.807) is 18.2 Å². The number of hydrogen-bond acceptors (Lipinski definition) is 4. The van der Waals surface area contributed by atoms with Crippen LogP contribution in [0, 0.1) is 5.92 Å². The third kappa shape index (κ3) is 5.51. The van der Waals surface area contributed by atoms with Crippen LogP contribution in [0.25, 0.3) is 0 Å². The number of sulfonamides is 1. The van der Waals surface area contributed by atoms with Crippen molar-refractivity contribution in [1.29, 1.82) is 0 Å². The topological polar surface area (TPSA) is 66.9 Å². The van der Waals surface area contributed by atoms with Crippen molar-refractivity contribution in [2.24, 2.45) is 5.92 Å². The predicted molar refractivity (Wildman–Crippen MR) is 104 cm³/mol. The summed E-state index contributed by atoms with van der Waals surface area (Å²) < 4.78 is 30.7. The molecule has 2 rings (SSSR count). The average molecular weight is 403 g/mol. The summed E-state index contributed by atoms with van der Waals surface area (Å²) in [7, 11) is -1.97. The minimum atomic E-state index is -3.48. The molecule has 1 fully saturated rings. The van der Waals surface area contributed by atoms with Gasteiger partial charge in [-0.3, -0.25) is 9.10 Å². The van der Waals surface area contributed by atoms with Gasteiger partial charge in [-0.25, -0.2) is 8.42 Å². The Morgan fingerprint density at radius 1 is 1.42 bits per heavy atom. The number of halogens is 1. The van der Waals surface area contributed by atoms with Crippen molar-refractivity contribution in [2.75, 3.05) is 37.3 Å². The molecule has 1 saturated heterocycles. The lowest BCUT2D eigenvalue weighted by atomic mass is 10.00. The minimum Gasteiger partial charge on any atom is -0.495 e. The van der Waals surface area contributed by atoms with Crippen molar-refractivity contribution in [3.63, 3.8) is 0 Å². The van der Waals surface area contributed by atoms with E-state index in [1.807, 2.05) is 4.90 Å². The number of nitrogens with zero attached hydrogens (tertiary/aromatic N) is 2. The number of ether oxygens (including phenoxy) is 1. The van der Waals surface area contributed by atoms with E-state index in [2.05, 4.69) is 6.92 Å². The molecule has 8 heteroatoms. The Bertz CT molecular complexity index is 739. The molecule has 1 aromatic carbocycles. The minimum absolute atomic E-state index is 0.0952. The Labute approximate surface area is 161 Å². The molecule has 0 aliphatic carbocycles. The van der Waals surface area contributed by atoms with Crippen molar-refractivity contribution in [3.8, 4) is 5.75 Å². The van der Waals surface area contributed by atoms with Crippen LogP contribution in [-0.4, -0.2) is 52.2 Å². The molecular formula is C18H27ClN2O4S.